The molecule has 0 atom stereocenters. The molecular weight excluding hydrogens is 224 g/mol. The lowest BCUT2D eigenvalue weighted by atomic mass is 10.1. The summed E-state index contributed by atoms with van der Waals surface area (Å²) in [5.41, 5.74) is 2.53. The lowest BCUT2D eigenvalue weighted by Gasteiger charge is -1.95. The second-order valence-corrected chi connectivity index (χ2v) is 3.51. The Kier molecular flexibility index (Phi) is 3.44. The van der Waals surface area contributed by atoms with Crippen molar-refractivity contribution in [3.63, 3.8) is 0 Å². The number of rotatable bonds is 2. The molecule has 0 bridgehead atoms. The van der Waals surface area contributed by atoms with Gasteiger partial charge in [0.05, 0.1) is 0 Å². The minimum atomic E-state index is 0.379. The molecule has 0 fully saturated rings. The van der Waals surface area contributed by atoms with E-state index in [4.69, 9.17) is 10.5 Å². The van der Waals surface area contributed by atoms with E-state index in [0.29, 0.717) is 11.4 Å². The van der Waals surface area contributed by atoms with Crippen LogP contribution in [-0.4, -0.2) is 9.97 Å². The quantitative estimate of drug-likeness (QED) is 0.796. The van der Waals surface area contributed by atoms with Crippen molar-refractivity contribution in [2.45, 2.75) is 0 Å². The molecule has 4 nitrogen and oxygen atoms in total. The van der Waals surface area contributed by atoms with Gasteiger partial charge in [-0.3, -0.25) is 0 Å². The van der Waals surface area contributed by atoms with E-state index in [2.05, 4.69) is 9.97 Å². The van der Waals surface area contributed by atoms with Crippen LogP contribution < -0.4 is 0 Å². The third-order valence-corrected chi connectivity index (χ3v) is 2.27. The molecule has 2 heterocycles. The lowest BCUT2D eigenvalue weighted by molar-refractivity contribution is 1.26. The number of pyridine rings is 2. The predicted molar refractivity (Wildman–Crippen MR) is 66.8 cm³/mol. The molecule has 0 aliphatic heterocycles. The maximum Gasteiger partial charge on any atom is 0.141 e. The Morgan fingerprint density at radius 3 is 1.67 bits per heavy atom. The molecule has 0 N–H and O–H groups in total. The summed E-state index contributed by atoms with van der Waals surface area (Å²) in [5.74, 6) is 0. The largest absolute Gasteiger partial charge is 0.246 e. The Bertz CT molecular complexity index is 615. The van der Waals surface area contributed by atoms with Gasteiger partial charge in [-0.25, -0.2) is 9.97 Å². The van der Waals surface area contributed by atoms with Gasteiger partial charge < -0.3 is 0 Å². The molecule has 2 aromatic rings. The van der Waals surface area contributed by atoms with Crippen LogP contribution in [0.15, 0.2) is 36.7 Å². The van der Waals surface area contributed by atoms with Crippen LogP contribution >= 0.6 is 0 Å². The van der Waals surface area contributed by atoms with Crippen LogP contribution in [0, 0.1) is 22.7 Å². The molecular formula is C14H8N4. The lowest BCUT2D eigenvalue weighted by Crippen LogP contribution is -1.83. The number of hydrogen-bond donors (Lipinski definition) is 0. The van der Waals surface area contributed by atoms with Gasteiger partial charge in [-0.2, -0.15) is 10.5 Å². The van der Waals surface area contributed by atoms with E-state index >= 15 is 0 Å². The van der Waals surface area contributed by atoms with Crippen molar-refractivity contribution in [3.05, 3.63) is 59.2 Å². The second kappa shape index (κ2) is 5.38. The number of nitriles is 2. The van der Waals surface area contributed by atoms with E-state index in [0.717, 1.165) is 11.1 Å². The summed E-state index contributed by atoms with van der Waals surface area (Å²) in [6, 6.07) is 11.0. The standard InChI is InChI=1S/C14H8N4/c15-9-13-7-11(3-5-17-13)1-2-12-4-6-18-14(8-12)10-16/h1-8H/b2-1+. The van der Waals surface area contributed by atoms with Gasteiger partial charge >= 0.3 is 0 Å². The molecule has 2 aromatic heterocycles. The smallest absolute Gasteiger partial charge is 0.141 e. The Balaban J connectivity index is 2.25. The fourth-order valence-electron chi connectivity index (χ4n) is 1.42. The fraction of sp³-hybridized carbons (Fsp3) is 0. The monoisotopic (exact) mass is 232 g/mol. The van der Waals surface area contributed by atoms with Crippen LogP contribution in [0.2, 0.25) is 0 Å². The Morgan fingerprint density at radius 1 is 0.833 bits per heavy atom. The molecule has 0 spiro atoms. The molecule has 0 radical (unpaired) electrons. The molecule has 0 unspecified atom stereocenters. The molecule has 18 heavy (non-hydrogen) atoms. The summed E-state index contributed by atoms with van der Waals surface area (Å²) >= 11 is 0. The first-order chi connectivity index (χ1) is 8.81. The molecule has 0 amide bonds. The van der Waals surface area contributed by atoms with E-state index in [9.17, 15) is 0 Å². The first-order valence-electron chi connectivity index (χ1n) is 5.22. The third kappa shape index (κ3) is 2.78. The SMILES string of the molecule is N#Cc1cc(/C=C/c2ccnc(C#N)c2)ccn1. The molecule has 0 aliphatic carbocycles. The van der Waals surface area contributed by atoms with Gasteiger partial charge in [-0.1, -0.05) is 12.2 Å². The van der Waals surface area contributed by atoms with Gasteiger partial charge in [-0.05, 0) is 35.4 Å². The van der Waals surface area contributed by atoms with Gasteiger partial charge in [-0.15, -0.1) is 0 Å². The van der Waals surface area contributed by atoms with Crippen LogP contribution in [0.25, 0.3) is 12.2 Å². The van der Waals surface area contributed by atoms with Crippen molar-refractivity contribution >= 4 is 12.2 Å². The minimum Gasteiger partial charge on any atom is -0.246 e. The normalized spacial score (nSPS) is 9.89. The molecule has 0 saturated heterocycles. The average Bonchev–Trinajstić information content (AvgIpc) is 2.45. The zero-order chi connectivity index (χ0) is 12.8. The maximum atomic E-state index is 8.73. The zero-order valence-corrected chi connectivity index (χ0v) is 9.41. The molecule has 84 valence electrons. The van der Waals surface area contributed by atoms with E-state index in [1.165, 1.54) is 0 Å². The maximum absolute atomic E-state index is 8.73. The van der Waals surface area contributed by atoms with Crippen LogP contribution in [-0.2, 0) is 0 Å². The van der Waals surface area contributed by atoms with Gasteiger partial charge in [0.25, 0.3) is 0 Å². The zero-order valence-electron chi connectivity index (χ0n) is 9.41. The predicted octanol–water partition coefficient (Wildman–Crippen LogP) is 2.39. The van der Waals surface area contributed by atoms with Gasteiger partial charge in [0.2, 0.25) is 0 Å². The van der Waals surface area contributed by atoms with E-state index in [-0.39, 0.29) is 0 Å². The highest BCUT2D eigenvalue weighted by Crippen LogP contribution is 2.09. The fourth-order valence-corrected chi connectivity index (χ4v) is 1.42. The van der Waals surface area contributed by atoms with E-state index in [1.54, 1.807) is 24.5 Å². The highest BCUT2D eigenvalue weighted by atomic mass is 14.7. The summed E-state index contributed by atoms with van der Waals surface area (Å²) in [4.78, 5) is 7.78. The summed E-state index contributed by atoms with van der Waals surface area (Å²) < 4.78 is 0. The molecule has 2 rings (SSSR count). The first kappa shape index (κ1) is 11.5. The van der Waals surface area contributed by atoms with Crippen LogP contribution in [0.3, 0.4) is 0 Å². The van der Waals surface area contributed by atoms with Crippen molar-refractivity contribution < 1.29 is 0 Å². The highest BCUT2D eigenvalue weighted by Gasteiger charge is 1.94. The average molecular weight is 232 g/mol. The Morgan fingerprint density at radius 2 is 1.28 bits per heavy atom. The van der Waals surface area contributed by atoms with Crippen molar-refractivity contribution in [2.75, 3.05) is 0 Å². The van der Waals surface area contributed by atoms with E-state index in [1.807, 2.05) is 36.4 Å². The topological polar surface area (TPSA) is 73.4 Å². The van der Waals surface area contributed by atoms with Crippen molar-refractivity contribution in [3.8, 4) is 12.1 Å². The molecule has 4 heteroatoms. The van der Waals surface area contributed by atoms with Crippen LogP contribution in [0.4, 0.5) is 0 Å². The van der Waals surface area contributed by atoms with Crippen molar-refractivity contribution in [1.29, 1.82) is 10.5 Å². The molecule has 0 aliphatic rings. The van der Waals surface area contributed by atoms with Gasteiger partial charge in [0, 0.05) is 12.4 Å². The summed E-state index contributed by atoms with van der Waals surface area (Å²) in [6.07, 6.45) is 6.90. The number of nitrogens with zero attached hydrogens (tertiary/aromatic N) is 4. The summed E-state index contributed by atoms with van der Waals surface area (Å²) in [6.45, 7) is 0. The van der Waals surface area contributed by atoms with Crippen molar-refractivity contribution in [1.82, 2.24) is 9.97 Å². The third-order valence-electron chi connectivity index (χ3n) is 2.27. The van der Waals surface area contributed by atoms with E-state index < -0.39 is 0 Å². The number of aromatic nitrogens is 2. The Labute approximate surface area is 104 Å². The van der Waals surface area contributed by atoms with Crippen molar-refractivity contribution in [2.24, 2.45) is 0 Å². The molecule has 0 saturated carbocycles. The highest BCUT2D eigenvalue weighted by molar-refractivity contribution is 5.70. The Hall–Kier alpha value is -2.98. The summed E-state index contributed by atoms with van der Waals surface area (Å²) in [5, 5.41) is 17.5. The number of hydrogen-bond acceptors (Lipinski definition) is 4. The minimum absolute atomic E-state index is 0.379. The molecule has 0 aromatic carbocycles. The summed E-state index contributed by atoms with van der Waals surface area (Å²) in [7, 11) is 0. The second-order valence-electron chi connectivity index (χ2n) is 3.51. The van der Waals surface area contributed by atoms with Gasteiger partial charge in [0.1, 0.15) is 23.5 Å². The first-order valence-corrected chi connectivity index (χ1v) is 5.22. The van der Waals surface area contributed by atoms with Crippen LogP contribution in [0.5, 0.6) is 0 Å². The van der Waals surface area contributed by atoms with Gasteiger partial charge in [0.15, 0.2) is 0 Å². The van der Waals surface area contributed by atoms with Crippen LogP contribution in [0.1, 0.15) is 22.5 Å².